The summed E-state index contributed by atoms with van der Waals surface area (Å²) in [6.45, 7) is 1.08. The highest BCUT2D eigenvalue weighted by molar-refractivity contribution is 7.90. The number of benzene rings is 1. The van der Waals surface area contributed by atoms with Crippen LogP contribution in [0.2, 0.25) is 0 Å². The Bertz CT molecular complexity index is 769. The van der Waals surface area contributed by atoms with Crippen molar-refractivity contribution in [2.24, 2.45) is 5.41 Å². The Morgan fingerprint density at radius 2 is 1.95 bits per heavy atom. The fraction of sp³-hybridized carbons (Fsp3) is 0.400. The summed E-state index contributed by atoms with van der Waals surface area (Å²) < 4.78 is 36.6. The molecule has 1 amide bonds. The fourth-order valence-corrected chi connectivity index (χ4v) is 3.93. The summed E-state index contributed by atoms with van der Waals surface area (Å²) in [5.41, 5.74) is 1.66. The minimum Gasteiger partial charge on any atom is -0.465 e. The molecule has 1 saturated heterocycles. The molecular weight excluding hydrogens is 309 g/mol. The number of amides is 1. The van der Waals surface area contributed by atoms with Crippen LogP contribution in [-0.4, -0.2) is 43.9 Å². The van der Waals surface area contributed by atoms with Gasteiger partial charge in [0.2, 0.25) is 0 Å². The van der Waals surface area contributed by atoms with Crippen LogP contribution in [0.3, 0.4) is 0 Å². The molecular formula is C15H16FNO4S. The van der Waals surface area contributed by atoms with Crippen molar-refractivity contribution >= 4 is 22.0 Å². The molecule has 7 heteroatoms. The van der Waals surface area contributed by atoms with E-state index >= 15 is 0 Å². The topological polar surface area (TPSA) is 74.7 Å². The summed E-state index contributed by atoms with van der Waals surface area (Å²) in [6, 6.07) is 3.77. The first kappa shape index (κ1) is 15.0. The summed E-state index contributed by atoms with van der Waals surface area (Å²) in [6.07, 6.45) is 3.51. The summed E-state index contributed by atoms with van der Waals surface area (Å²) in [5, 5.41) is 8.84. The summed E-state index contributed by atoms with van der Waals surface area (Å²) >= 11 is 0. The number of halogens is 1. The Balaban J connectivity index is 1.73. The SMILES string of the molecule is CS(=O)(=O)c1cc(F)cc(C=C2CC3(C2)CN(C(=O)O)C3)c1. The highest BCUT2D eigenvalue weighted by atomic mass is 32.2. The molecule has 3 rings (SSSR count). The molecule has 1 aromatic carbocycles. The lowest BCUT2D eigenvalue weighted by atomic mass is 9.60. The number of sulfone groups is 1. The number of carboxylic acid groups (broad SMARTS) is 1. The van der Waals surface area contributed by atoms with E-state index in [1.54, 1.807) is 6.08 Å². The van der Waals surface area contributed by atoms with Crippen LogP contribution in [0, 0.1) is 11.2 Å². The van der Waals surface area contributed by atoms with Crippen molar-refractivity contribution in [1.29, 1.82) is 0 Å². The van der Waals surface area contributed by atoms with E-state index < -0.39 is 21.7 Å². The first-order valence-electron chi connectivity index (χ1n) is 6.85. The molecule has 22 heavy (non-hydrogen) atoms. The van der Waals surface area contributed by atoms with Gasteiger partial charge in [0.25, 0.3) is 0 Å². The molecule has 5 nitrogen and oxygen atoms in total. The van der Waals surface area contributed by atoms with Gasteiger partial charge in [-0.2, -0.15) is 0 Å². The normalized spacial score (nSPS) is 19.5. The van der Waals surface area contributed by atoms with Crippen molar-refractivity contribution < 1.29 is 22.7 Å². The maximum Gasteiger partial charge on any atom is 0.407 e. The zero-order chi connectivity index (χ0) is 16.1. The van der Waals surface area contributed by atoms with Crippen molar-refractivity contribution in [2.75, 3.05) is 19.3 Å². The van der Waals surface area contributed by atoms with Crippen LogP contribution in [0.15, 0.2) is 28.7 Å². The van der Waals surface area contributed by atoms with E-state index in [0.29, 0.717) is 18.7 Å². The van der Waals surface area contributed by atoms with Crippen LogP contribution >= 0.6 is 0 Å². The quantitative estimate of drug-likeness (QED) is 0.906. The monoisotopic (exact) mass is 325 g/mol. The van der Waals surface area contributed by atoms with Gasteiger partial charge >= 0.3 is 6.09 Å². The van der Waals surface area contributed by atoms with Crippen molar-refractivity contribution in [3.63, 3.8) is 0 Å². The van der Waals surface area contributed by atoms with Crippen LogP contribution in [-0.2, 0) is 9.84 Å². The van der Waals surface area contributed by atoms with Crippen molar-refractivity contribution in [3.05, 3.63) is 35.2 Å². The van der Waals surface area contributed by atoms with Crippen LogP contribution in [0.4, 0.5) is 9.18 Å². The van der Waals surface area contributed by atoms with E-state index in [2.05, 4.69) is 0 Å². The van der Waals surface area contributed by atoms with Gasteiger partial charge in [-0.15, -0.1) is 0 Å². The predicted molar refractivity (Wildman–Crippen MR) is 78.8 cm³/mol. The van der Waals surface area contributed by atoms with Crippen LogP contribution in [0.1, 0.15) is 18.4 Å². The third-order valence-corrected chi connectivity index (χ3v) is 5.31. The zero-order valence-electron chi connectivity index (χ0n) is 12.0. The van der Waals surface area contributed by atoms with Crippen molar-refractivity contribution in [2.45, 2.75) is 17.7 Å². The number of rotatable bonds is 2. The maximum absolute atomic E-state index is 13.5. The first-order valence-corrected chi connectivity index (χ1v) is 8.74. The molecule has 0 atom stereocenters. The Morgan fingerprint density at radius 1 is 1.32 bits per heavy atom. The molecule has 0 aromatic heterocycles. The number of hydrogen-bond donors (Lipinski definition) is 1. The number of likely N-dealkylation sites (tertiary alicyclic amines) is 1. The third kappa shape index (κ3) is 2.72. The molecule has 1 spiro atoms. The third-order valence-electron chi connectivity index (χ3n) is 4.22. The molecule has 118 valence electrons. The van der Waals surface area contributed by atoms with E-state index in [0.717, 1.165) is 30.7 Å². The smallest absolute Gasteiger partial charge is 0.407 e. The van der Waals surface area contributed by atoms with Crippen LogP contribution < -0.4 is 0 Å². The van der Waals surface area contributed by atoms with E-state index in [1.807, 2.05) is 0 Å². The van der Waals surface area contributed by atoms with Gasteiger partial charge in [-0.25, -0.2) is 17.6 Å². The number of hydrogen-bond acceptors (Lipinski definition) is 3. The molecule has 1 saturated carbocycles. The molecule has 1 N–H and O–H groups in total. The Labute approximate surface area is 128 Å². The highest BCUT2D eigenvalue weighted by Crippen LogP contribution is 2.52. The lowest BCUT2D eigenvalue weighted by Gasteiger charge is -2.55. The Hall–Kier alpha value is -1.89. The maximum atomic E-state index is 13.5. The second-order valence-electron chi connectivity index (χ2n) is 6.29. The first-order chi connectivity index (χ1) is 10.2. The van der Waals surface area contributed by atoms with Gasteiger partial charge < -0.3 is 10.0 Å². The second kappa shape index (κ2) is 4.81. The molecule has 1 aromatic rings. The molecule has 0 unspecified atom stereocenters. The highest BCUT2D eigenvalue weighted by Gasteiger charge is 2.51. The molecule has 1 heterocycles. The van der Waals surface area contributed by atoms with Gasteiger partial charge in [-0.3, -0.25) is 0 Å². The van der Waals surface area contributed by atoms with Gasteiger partial charge in [0.05, 0.1) is 4.90 Å². The molecule has 2 fully saturated rings. The second-order valence-corrected chi connectivity index (χ2v) is 8.30. The van der Waals surface area contributed by atoms with E-state index in [1.165, 1.54) is 17.0 Å². The largest absolute Gasteiger partial charge is 0.465 e. The molecule has 2 aliphatic rings. The summed E-state index contributed by atoms with van der Waals surface area (Å²) in [7, 11) is -3.45. The van der Waals surface area contributed by atoms with Gasteiger partial charge in [0.1, 0.15) is 5.82 Å². The molecule has 1 aliphatic carbocycles. The molecule has 0 bridgehead atoms. The van der Waals surface area contributed by atoms with E-state index in [4.69, 9.17) is 5.11 Å². The van der Waals surface area contributed by atoms with Crippen LogP contribution in [0.25, 0.3) is 6.08 Å². The van der Waals surface area contributed by atoms with Gasteiger partial charge in [0, 0.05) is 24.8 Å². The van der Waals surface area contributed by atoms with Crippen molar-refractivity contribution in [3.8, 4) is 0 Å². The lowest BCUT2D eigenvalue weighted by Crippen LogP contribution is -2.61. The minimum atomic E-state index is -3.45. The molecule has 0 radical (unpaired) electrons. The van der Waals surface area contributed by atoms with E-state index in [-0.39, 0.29) is 10.3 Å². The van der Waals surface area contributed by atoms with Crippen molar-refractivity contribution in [1.82, 2.24) is 4.90 Å². The lowest BCUT2D eigenvalue weighted by molar-refractivity contribution is -0.0162. The van der Waals surface area contributed by atoms with Gasteiger partial charge in [-0.05, 0) is 36.6 Å². The van der Waals surface area contributed by atoms with Gasteiger partial charge in [-0.1, -0.05) is 11.6 Å². The average molecular weight is 325 g/mol. The Morgan fingerprint density at radius 3 is 2.50 bits per heavy atom. The number of allylic oxidation sites excluding steroid dienone is 1. The van der Waals surface area contributed by atoms with Gasteiger partial charge in [0.15, 0.2) is 9.84 Å². The number of carbonyl (C=O) groups is 1. The van der Waals surface area contributed by atoms with Crippen LogP contribution in [0.5, 0.6) is 0 Å². The number of nitrogens with zero attached hydrogens (tertiary/aromatic N) is 1. The average Bonchev–Trinajstić information content (AvgIpc) is 2.28. The Kier molecular flexibility index (Phi) is 3.28. The molecule has 1 aliphatic heterocycles. The standard InChI is InChI=1S/C15H16FNO4S/c1-22(20,21)13-4-10(3-12(16)5-13)2-11-6-15(7-11)8-17(9-15)14(18)19/h2-5H,6-9H2,1H3,(H,18,19). The predicted octanol–water partition coefficient (Wildman–Crippen LogP) is 2.39. The van der Waals surface area contributed by atoms with E-state index in [9.17, 15) is 17.6 Å². The fourth-order valence-electron chi connectivity index (χ4n) is 3.25. The summed E-state index contributed by atoms with van der Waals surface area (Å²) in [5.74, 6) is -0.579. The minimum absolute atomic E-state index is 0.0333. The zero-order valence-corrected chi connectivity index (χ0v) is 12.9. The summed E-state index contributed by atoms with van der Waals surface area (Å²) in [4.78, 5) is 12.1.